The van der Waals surface area contributed by atoms with Crippen LogP contribution in [0.1, 0.15) is 57.1 Å². The van der Waals surface area contributed by atoms with E-state index in [4.69, 9.17) is 4.74 Å². The predicted molar refractivity (Wildman–Crippen MR) is 87.7 cm³/mol. The molecule has 1 N–H and O–H groups in total. The van der Waals surface area contributed by atoms with E-state index < -0.39 is 0 Å². The highest BCUT2D eigenvalue weighted by Gasteiger charge is 2.48. The Labute approximate surface area is 129 Å². The molecule has 0 aromatic heterocycles. The van der Waals surface area contributed by atoms with Gasteiger partial charge in [-0.15, -0.1) is 0 Å². The van der Waals surface area contributed by atoms with Crippen molar-refractivity contribution in [2.45, 2.75) is 64.5 Å². The summed E-state index contributed by atoms with van der Waals surface area (Å²) < 4.78 is 5.83. The first-order chi connectivity index (χ1) is 10.1. The highest BCUT2D eigenvalue weighted by molar-refractivity contribution is 5.32. The summed E-state index contributed by atoms with van der Waals surface area (Å²) in [5.74, 6) is 0.692. The van der Waals surface area contributed by atoms with E-state index in [1.807, 2.05) is 0 Å². The zero-order valence-corrected chi connectivity index (χ0v) is 13.7. The van der Waals surface area contributed by atoms with Gasteiger partial charge in [0.15, 0.2) is 0 Å². The molecule has 3 atom stereocenters. The molecule has 0 spiro atoms. The first-order valence-electron chi connectivity index (χ1n) is 8.55. The highest BCUT2D eigenvalue weighted by Crippen LogP contribution is 2.43. The van der Waals surface area contributed by atoms with Crippen LogP contribution in [-0.2, 0) is 11.2 Å². The molecule has 2 heteroatoms. The summed E-state index contributed by atoms with van der Waals surface area (Å²) in [6.45, 7) is 8.71. The van der Waals surface area contributed by atoms with E-state index in [-0.39, 0.29) is 5.41 Å². The van der Waals surface area contributed by atoms with Crippen molar-refractivity contribution in [3.8, 4) is 0 Å². The SMILES string of the molecule is CCOC1CC(NCC2CCCc3ccccc32)C1(C)C. The van der Waals surface area contributed by atoms with Crippen LogP contribution in [0.2, 0.25) is 0 Å². The minimum atomic E-state index is 0.268. The summed E-state index contributed by atoms with van der Waals surface area (Å²) in [4.78, 5) is 0. The Hall–Kier alpha value is -0.860. The number of nitrogens with one attached hydrogen (secondary N) is 1. The quantitative estimate of drug-likeness (QED) is 0.887. The molecular formula is C19H29NO. The van der Waals surface area contributed by atoms with Gasteiger partial charge >= 0.3 is 0 Å². The zero-order chi connectivity index (χ0) is 14.9. The number of fused-ring (bicyclic) bond motifs is 1. The molecule has 1 aromatic rings. The summed E-state index contributed by atoms with van der Waals surface area (Å²) >= 11 is 0. The van der Waals surface area contributed by atoms with Crippen molar-refractivity contribution >= 4 is 0 Å². The molecule has 0 radical (unpaired) electrons. The van der Waals surface area contributed by atoms with E-state index in [0.717, 1.165) is 19.6 Å². The molecule has 3 rings (SSSR count). The van der Waals surface area contributed by atoms with Crippen molar-refractivity contribution in [3.05, 3.63) is 35.4 Å². The topological polar surface area (TPSA) is 21.3 Å². The molecule has 0 heterocycles. The average Bonchev–Trinajstić information content (AvgIpc) is 2.50. The van der Waals surface area contributed by atoms with Crippen molar-refractivity contribution in [1.82, 2.24) is 5.32 Å². The standard InChI is InChI=1S/C19H29NO/c1-4-21-18-12-17(19(18,2)3)20-13-15-10-7-9-14-8-5-6-11-16(14)15/h5-6,8,11,15,17-18,20H,4,7,9-10,12-13H2,1-3H3. The van der Waals surface area contributed by atoms with Gasteiger partial charge in [0.05, 0.1) is 6.10 Å². The fourth-order valence-corrected chi connectivity index (χ4v) is 4.07. The summed E-state index contributed by atoms with van der Waals surface area (Å²) in [6, 6.07) is 9.60. The highest BCUT2D eigenvalue weighted by atomic mass is 16.5. The number of ether oxygens (including phenoxy) is 1. The summed E-state index contributed by atoms with van der Waals surface area (Å²) in [6.07, 6.45) is 5.51. The van der Waals surface area contributed by atoms with Crippen LogP contribution in [0, 0.1) is 5.41 Å². The van der Waals surface area contributed by atoms with Crippen LogP contribution in [0.5, 0.6) is 0 Å². The van der Waals surface area contributed by atoms with Crippen LogP contribution in [0.3, 0.4) is 0 Å². The Kier molecular flexibility index (Phi) is 4.37. The summed E-state index contributed by atoms with van der Waals surface area (Å²) in [5, 5.41) is 3.83. The fourth-order valence-electron chi connectivity index (χ4n) is 4.07. The van der Waals surface area contributed by atoms with Gasteiger partial charge < -0.3 is 10.1 Å². The first kappa shape index (κ1) is 15.1. The van der Waals surface area contributed by atoms with Crippen molar-refractivity contribution in [1.29, 1.82) is 0 Å². The molecule has 2 nitrogen and oxygen atoms in total. The van der Waals surface area contributed by atoms with Gasteiger partial charge in [-0.25, -0.2) is 0 Å². The first-order valence-corrected chi connectivity index (χ1v) is 8.55. The lowest BCUT2D eigenvalue weighted by atomic mass is 9.64. The van der Waals surface area contributed by atoms with Crippen LogP contribution in [-0.4, -0.2) is 25.3 Å². The van der Waals surface area contributed by atoms with Crippen molar-refractivity contribution in [2.24, 2.45) is 5.41 Å². The summed E-state index contributed by atoms with van der Waals surface area (Å²) in [7, 11) is 0. The third-order valence-corrected chi connectivity index (χ3v) is 5.65. The molecule has 1 aromatic carbocycles. The lowest BCUT2D eigenvalue weighted by Crippen LogP contribution is -2.61. The van der Waals surface area contributed by atoms with E-state index in [1.54, 1.807) is 11.1 Å². The third kappa shape index (κ3) is 2.89. The Bertz CT molecular complexity index is 482. The van der Waals surface area contributed by atoms with Crippen molar-refractivity contribution in [2.75, 3.05) is 13.2 Å². The molecule has 0 saturated heterocycles. The second kappa shape index (κ2) is 6.10. The van der Waals surface area contributed by atoms with Crippen LogP contribution < -0.4 is 5.32 Å². The molecule has 0 bridgehead atoms. The summed E-state index contributed by atoms with van der Waals surface area (Å²) in [5.41, 5.74) is 3.41. The van der Waals surface area contributed by atoms with Crippen LogP contribution in [0.15, 0.2) is 24.3 Å². The predicted octanol–water partition coefficient (Wildman–Crippen LogP) is 3.90. The van der Waals surface area contributed by atoms with Crippen LogP contribution in [0.25, 0.3) is 0 Å². The minimum absolute atomic E-state index is 0.268. The van der Waals surface area contributed by atoms with Gasteiger partial charge in [0.1, 0.15) is 0 Å². The second-order valence-corrected chi connectivity index (χ2v) is 7.25. The molecular weight excluding hydrogens is 258 g/mol. The molecule has 0 aliphatic heterocycles. The van der Waals surface area contributed by atoms with E-state index in [0.29, 0.717) is 18.1 Å². The monoisotopic (exact) mass is 287 g/mol. The number of aryl methyl sites for hydroxylation is 1. The van der Waals surface area contributed by atoms with E-state index >= 15 is 0 Å². The Balaban J connectivity index is 1.58. The third-order valence-electron chi connectivity index (χ3n) is 5.65. The zero-order valence-electron chi connectivity index (χ0n) is 13.7. The Morgan fingerprint density at radius 1 is 1.29 bits per heavy atom. The average molecular weight is 287 g/mol. The van der Waals surface area contributed by atoms with Crippen molar-refractivity contribution in [3.63, 3.8) is 0 Å². The Morgan fingerprint density at radius 2 is 2.10 bits per heavy atom. The van der Waals surface area contributed by atoms with Crippen LogP contribution >= 0.6 is 0 Å². The molecule has 116 valence electrons. The molecule has 2 aliphatic carbocycles. The molecule has 1 fully saturated rings. The molecule has 1 saturated carbocycles. The van der Waals surface area contributed by atoms with Gasteiger partial charge in [-0.1, -0.05) is 38.1 Å². The van der Waals surface area contributed by atoms with Gasteiger partial charge in [0, 0.05) is 24.6 Å². The maximum atomic E-state index is 5.83. The van der Waals surface area contributed by atoms with E-state index in [2.05, 4.69) is 50.4 Å². The van der Waals surface area contributed by atoms with E-state index in [1.165, 1.54) is 19.3 Å². The lowest BCUT2D eigenvalue weighted by Gasteiger charge is -2.52. The van der Waals surface area contributed by atoms with Gasteiger partial charge in [-0.2, -0.15) is 0 Å². The van der Waals surface area contributed by atoms with E-state index in [9.17, 15) is 0 Å². The minimum Gasteiger partial charge on any atom is -0.378 e. The molecule has 0 amide bonds. The second-order valence-electron chi connectivity index (χ2n) is 7.25. The van der Waals surface area contributed by atoms with Gasteiger partial charge in [-0.3, -0.25) is 0 Å². The largest absolute Gasteiger partial charge is 0.378 e. The fraction of sp³-hybridized carbons (Fsp3) is 0.684. The molecule has 3 unspecified atom stereocenters. The number of rotatable bonds is 5. The molecule has 2 aliphatic rings. The van der Waals surface area contributed by atoms with Gasteiger partial charge in [-0.05, 0) is 49.7 Å². The maximum Gasteiger partial charge on any atom is 0.0655 e. The Morgan fingerprint density at radius 3 is 2.86 bits per heavy atom. The molecule has 21 heavy (non-hydrogen) atoms. The maximum absolute atomic E-state index is 5.83. The smallest absolute Gasteiger partial charge is 0.0655 e. The lowest BCUT2D eigenvalue weighted by molar-refractivity contribution is -0.114. The van der Waals surface area contributed by atoms with Crippen LogP contribution in [0.4, 0.5) is 0 Å². The van der Waals surface area contributed by atoms with Crippen molar-refractivity contribution < 1.29 is 4.74 Å². The normalized spacial score (nSPS) is 30.5. The number of hydrogen-bond donors (Lipinski definition) is 1. The number of benzene rings is 1. The van der Waals surface area contributed by atoms with Gasteiger partial charge in [0.25, 0.3) is 0 Å². The van der Waals surface area contributed by atoms with Gasteiger partial charge in [0.2, 0.25) is 0 Å². The number of hydrogen-bond acceptors (Lipinski definition) is 2.